The van der Waals surface area contributed by atoms with Crippen LogP contribution in [0.4, 0.5) is 0 Å². The summed E-state index contributed by atoms with van der Waals surface area (Å²) in [6, 6.07) is 2.06. The van der Waals surface area contributed by atoms with E-state index in [0.717, 1.165) is 43.6 Å². The number of halogens is 1. The molecule has 25 heavy (non-hydrogen) atoms. The summed E-state index contributed by atoms with van der Waals surface area (Å²) in [6.07, 6.45) is 0.928. The highest BCUT2D eigenvalue weighted by atomic mass is 79.9. The quantitative estimate of drug-likeness (QED) is 0.547. The van der Waals surface area contributed by atoms with E-state index in [0.29, 0.717) is 11.7 Å². The van der Waals surface area contributed by atoms with Gasteiger partial charge in [-0.15, -0.1) is 10.2 Å². The summed E-state index contributed by atoms with van der Waals surface area (Å²) in [5.41, 5.74) is 3.69. The fourth-order valence-corrected chi connectivity index (χ4v) is 4.02. The van der Waals surface area contributed by atoms with Crippen LogP contribution in [0, 0.1) is 12.8 Å². The zero-order valence-corrected chi connectivity index (χ0v) is 16.7. The lowest BCUT2D eigenvalue weighted by atomic mass is 10.1. The zero-order valence-electron chi connectivity index (χ0n) is 14.3. The monoisotopic (exact) mass is 420 g/mol. The average Bonchev–Trinajstić information content (AvgIpc) is 3.25. The first-order valence-corrected chi connectivity index (χ1v) is 9.51. The molecule has 0 atom stereocenters. The summed E-state index contributed by atoms with van der Waals surface area (Å²) >= 11 is 5.00. The van der Waals surface area contributed by atoms with Crippen molar-refractivity contribution in [1.29, 1.82) is 0 Å². The molecule has 130 valence electrons. The van der Waals surface area contributed by atoms with E-state index < -0.39 is 0 Å². The van der Waals surface area contributed by atoms with Crippen molar-refractivity contribution < 1.29 is 0 Å². The molecule has 0 fully saturated rings. The molecule has 0 saturated carbocycles. The Morgan fingerprint density at radius 1 is 1.28 bits per heavy atom. The molecule has 8 nitrogen and oxygen atoms in total. The van der Waals surface area contributed by atoms with Crippen molar-refractivity contribution in [2.75, 3.05) is 0 Å². The lowest BCUT2D eigenvalue weighted by Crippen LogP contribution is -1.99. The van der Waals surface area contributed by atoms with Crippen LogP contribution >= 0.6 is 27.3 Å². The Bertz CT molecular complexity index is 1050. The minimum atomic E-state index is 0.548. The van der Waals surface area contributed by atoms with Crippen molar-refractivity contribution in [3.05, 3.63) is 21.9 Å². The molecule has 4 aromatic rings. The predicted octanol–water partition coefficient (Wildman–Crippen LogP) is 3.25. The minimum Gasteiger partial charge on any atom is -0.281 e. The van der Waals surface area contributed by atoms with Gasteiger partial charge in [-0.25, -0.2) is 0 Å². The number of hydrogen-bond acceptors (Lipinski definition) is 6. The Balaban J connectivity index is 1.79. The third-order valence-corrected chi connectivity index (χ3v) is 5.72. The largest absolute Gasteiger partial charge is 0.281 e. The van der Waals surface area contributed by atoms with Crippen molar-refractivity contribution in [2.24, 2.45) is 13.0 Å². The number of nitrogens with zero attached hydrogens (tertiary/aromatic N) is 7. The maximum atomic E-state index is 4.66. The first-order chi connectivity index (χ1) is 11.9. The highest BCUT2D eigenvalue weighted by molar-refractivity contribution is 9.10. The summed E-state index contributed by atoms with van der Waals surface area (Å²) in [4.78, 5) is 0.726. The maximum absolute atomic E-state index is 4.66. The second-order valence-electron chi connectivity index (χ2n) is 6.38. The van der Waals surface area contributed by atoms with E-state index in [1.165, 1.54) is 11.3 Å². The predicted molar refractivity (Wildman–Crippen MR) is 99.4 cm³/mol. The lowest BCUT2D eigenvalue weighted by Gasteiger charge is -1.98. The van der Waals surface area contributed by atoms with Crippen molar-refractivity contribution in [1.82, 2.24) is 39.8 Å². The fraction of sp³-hybridized carbons (Fsp3) is 0.400. The molecule has 4 rings (SSSR count). The molecule has 10 heteroatoms. The van der Waals surface area contributed by atoms with E-state index in [2.05, 4.69) is 66.4 Å². The summed E-state index contributed by atoms with van der Waals surface area (Å²) in [6.45, 7) is 6.32. The van der Waals surface area contributed by atoms with E-state index >= 15 is 0 Å². The third-order valence-electron chi connectivity index (χ3n) is 3.84. The van der Waals surface area contributed by atoms with Gasteiger partial charge < -0.3 is 0 Å². The van der Waals surface area contributed by atoms with Crippen LogP contribution in [0.15, 0.2) is 10.5 Å². The van der Waals surface area contributed by atoms with Crippen molar-refractivity contribution >= 4 is 32.2 Å². The number of aryl methyl sites for hydroxylation is 2. The van der Waals surface area contributed by atoms with Crippen LogP contribution in [-0.2, 0) is 13.5 Å². The SMILES string of the molecule is Cc1[nH]nc(-c2nn3c(-c4cc(CC(C)C)nn4C)nnc3s2)c1Br. The van der Waals surface area contributed by atoms with Crippen molar-refractivity contribution in [3.63, 3.8) is 0 Å². The van der Waals surface area contributed by atoms with Gasteiger partial charge in [-0.2, -0.15) is 19.8 Å². The number of aromatic amines is 1. The second-order valence-corrected chi connectivity index (χ2v) is 8.13. The number of H-pyrrole nitrogens is 1. The smallest absolute Gasteiger partial charge is 0.235 e. The standard InChI is InChI=1S/C15H17BrN8S/c1-7(2)5-9-6-10(23(4)21-9)13-19-20-15-24(13)22-14(25-15)12-11(16)8(3)17-18-12/h6-7H,5H2,1-4H3,(H,17,18). The van der Waals surface area contributed by atoms with Crippen LogP contribution in [0.3, 0.4) is 0 Å². The topological polar surface area (TPSA) is 89.6 Å². The molecule has 1 N–H and O–H groups in total. The van der Waals surface area contributed by atoms with Crippen LogP contribution in [-0.4, -0.2) is 39.8 Å². The van der Waals surface area contributed by atoms with Gasteiger partial charge in [0.1, 0.15) is 11.4 Å². The minimum absolute atomic E-state index is 0.548. The van der Waals surface area contributed by atoms with Crippen LogP contribution in [0.25, 0.3) is 27.2 Å². The molecule has 0 amide bonds. The summed E-state index contributed by atoms with van der Waals surface area (Å²) in [5, 5.41) is 25.9. The Labute approximate surface area is 156 Å². The van der Waals surface area contributed by atoms with Gasteiger partial charge in [0.2, 0.25) is 10.8 Å². The van der Waals surface area contributed by atoms with Gasteiger partial charge in [0.25, 0.3) is 0 Å². The van der Waals surface area contributed by atoms with Crippen molar-refractivity contribution in [2.45, 2.75) is 27.2 Å². The molecule has 0 aromatic carbocycles. The van der Waals surface area contributed by atoms with Crippen molar-refractivity contribution in [3.8, 4) is 22.2 Å². The first-order valence-electron chi connectivity index (χ1n) is 7.90. The van der Waals surface area contributed by atoms with Gasteiger partial charge in [0.15, 0.2) is 5.01 Å². The van der Waals surface area contributed by atoms with E-state index in [1.807, 2.05) is 18.7 Å². The van der Waals surface area contributed by atoms with E-state index in [1.54, 1.807) is 4.52 Å². The van der Waals surface area contributed by atoms with Gasteiger partial charge in [0.05, 0.1) is 10.2 Å². The molecule has 0 aliphatic heterocycles. The molecule has 0 radical (unpaired) electrons. The van der Waals surface area contributed by atoms with Crippen LogP contribution in [0.5, 0.6) is 0 Å². The average molecular weight is 421 g/mol. The Morgan fingerprint density at radius 3 is 2.76 bits per heavy atom. The molecule has 4 heterocycles. The lowest BCUT2D eigenvalue weighted by molar-refractivity contribution is 0.621. The Hall–Kier alpha value is -2.07. The number of rotatable bonds is 4. The molecule has 0 unspecified atom stereocenters. The molecule has 0 aliphatic rings. The highest BCUT2D eigenvalue weighted by Gasteiger charge is 2.20. The maximum Gasteiger partial charge on any atom is 0.235 e. The Morgan fingerprint density at radius 2 is 2.08 bits per heavy atom. The van der Waals surface area contributed by atoms with Crippen LogP contribution in [0.1, 0.15) is 25.2 Å². The number of aromatic nitrogens is 8. The fourth-order valence-electron chi connectivity index (χ4n) is 2.68. The molecular weight excluding hydrogens is 404 g/mol. The Kier molecular flexibility index (Phi) is 3.95. The molecule has 0 saturated heterocycles. The summed E-state index contributed by atoms with van der Waals surface area (Å²) < 4.78 is 4.51. The molecule has 0 spiro atoms. The number of fused-ring (bicyclic) bond motifs is 1. The normalized spacial score (nSPS) is 11.9. The summed E-state index contributed by atoms with van der Waals surface area (Å²) in [7, 11) is 1.92. The zero-order chi connectivity index (χ0) is 17.7. The van der Waals surface area contributed by atoms with Crippen LogP contribution < -0.4 is 0 Å². The number of hydrogen-bond donors (Lipinski definition) is 1. The second kappa shape index (κ2) is 6.03. The van der Waals surface area contributed by atoms with Crippen LogP contribution in [0.2, 0.25) is 0 Å². The van der Waals surface area contributed by atoms with Gasteiger partial charge in [-0.3, -0.25) is 9.78 Å². The molecule has 0 bridgehead atoms. The highest BCUT2D eigenvalue weighted by Crippen LogP contribution is 2.32. The molecule has 0 aliphatic carbocycles. The third kappa shape index (κ3) is 2.78. The summed E-state index contributed by atoms with van der Waals surface area (Å²) in [5.74, 6) is 1.23. The van der Waals surface area contributed by atoms with Gasteiger partial charge in [-0.1, -0.05) is 25.2 Å². The van der Waals surface area contributed by atoms with E-state index in [9.17, 15) is 0 Å². The molecular formula is C15H17BrN8S. The number of nitrogens with one attached hydrogen (secondary N) is 1. The van der Waals surface area contributed by atoms with Gasteiger partial charge in [0, 0.05) is 12.7 Å². The first kappa shape index (κ1) is 16.4. The van der Waals surface area contributed by atoms with E-state index in [4.69, 9.17) is 0 Å². The van der Waals surface area contributed by atoms with Gasteiger partial charge >= 0.3 is 0 Å². The van der Waals surface area contributed by atoms with E-state index in [-0.39, 0.29) is 0 Å². The molecule has 4 aromatic heterocycles. The van der Waals surface area contributed by atoms with Gasteiger partial charge in [-0.05, 0) is 41.3 Å².